The monoisotopic (exact) mass is 254 g/mol. The van der Waals surface area contributed by atoms with Crippen LogP contribution in [0.25, 0.3) is 0 Å². The molecule has 3 N–H and O–H groups in total. The number of hydrogen-bond donors (Lipinski definition) is 2. The normalized spacial score (nSPS) is 14.7. The number of nitrogens with two attached hydrogens (primary N) is 1. The molecule has 0 aliphatic heterocycles. The van der Waals surface area contributed by atoms with Gasteiger partial charge in [0.15, 0.2) is 5.13 Å². The number of hydrogen-bond acceptors (Lipinski definition) is 4. The maximum absolute atomic E-state index is 10.4. The minimum Gasteiger partial charge on any atom is -0.380 e. The van der Waals surface area contributed by atoms with E-state index in [-0.39, 0.29) is 0 Å². The van der Waals surface area contributed by atoms with Gasteiger partial charge in [-0.3, -0.25) is 0 Å². The van der Waals surface area contributed by atoms with Gasteiger partial charge in [-0.25, -0.2) is 4.98 Å². The van der Waals surface area contributed by atoms with Crippen molar-refractivity contribution in [2.45, 2.75) is 12.5 Å². The second-order valence-corrected chi connectivity index (χ2v) is 5.14. The summed E-state index contributed by atoms with van der Waals surface area (Å²) in [6, 6.07) is 7.07. The first kappa shape index (κ1) is 11.4. The van der Waals surface area contributed by atoms with E-state index in [9.17, 15) is 5.11 Å². The molecule has 0 radical (unpaired) electrons. The highest BCUT2D eigenvalue weighted by atomic mass is 35.5. The van der Waals surface area contributed by atoms with Gasteiger partial charge in [-0.15, -0.1) is 0 Å². The van der Waals surface area contributed by atoms with Crippen LogP contribution in [0.5, 0.6) is 0 Å². The smallest absolute Gasteiger partial charge is 0.180 e. The van der Waals surface area contributed by atoms with Crippen LogP contribution in [0.2, 0.25) is 5.02 Å². The van der Waals surface area contributed by atoms with Crippen molar-refractivity contribution in [1.29, 1.82) is 0 Å². The number of thiazole rings is 1. The lowest BCUT2D eigenvalue weighted by atomic mass is 9.95. The molecule has 2 rings (SSSR count). The van der Waals surface area contributed by atoms with Crippen LogP contribution in [-0.4, -0.2) is 10.1 Å². The van der Waals surface area contributed by atoms with Crippen LogP contribution in [0.3, 0.4) is 0 Å². The van der Waals surface area contributed by atoms with Crippen LogP contribution < -0.4 is 5.73 Å². The number of benzene rings is 1. The van der Waals surface area contributed by atoms with E-state index in [4.69, 9.17) is 17.3 Å². The van der Waals surface area contributed by atoms with Gasteiger partial charge >= 0.3 is 0 Å². The first-order valence-electron chi connectivity index (χ1n) is 4.70. The predicted octanol–water partition coefficient (Wildman–Crippen LogP) is 2.63. The van der Waals surface area contributed by atoms with Gasteiger partial charge in [0.1, 0.15) is 5.60 Å². The molecule has 0 amide bonds. The largest absolute Gasteiger partial charge is 0.380 e. The molecular weight excluding hydrogens is 244 g/mol. The molecule has 16 heavy (non-hydrogen) atoms. The fourth-order valence-corrected chi connectivity index (χ4v) is 2.31. The van der Waals surface area contributed by atoms with Gasteiger partial charge in [-0.2, -0.15) is 0 Å². The van der Waals surface area contributed by atoms with Crippen LogP contribution in [0, 0.1) is 0 Å². The van der Waals surface area contributed by atoms with Crippen molar-refractivity contribution in [3.63, 3.8) is 0 Å². The summed E-state index contributed by atoms with van der Waals surface area (Å²) < 4.78 is 0. The van der Waals surface area contributed by atoms with E-state index in [1.165, 1.54) is 11.3 Å². The fourth-order valence-electron chi connectivity index (χ4n) is 1.43. The summed E-state index contributed by atoms with van der Waals surface area (Å²) in [4.78, 5) is 4.65. The van der Waals surface area contributed by atoms with Crippen molar-refractivity contribution in [1.82, 2.24) is 4.98 Å². The first-order valence-corrected chi connectivity index (χ1v) is 5.90. The molecule has 1 aromatic carbocycles. The molecule has 0 aliphatic carbocycles. The molecule has 0 aliphatic rings. The fraction of sp³-hybridized carbons (Fsp3) is 0.182. The van der Waals surface area contributed by atoms with Crippen LogP contribution in [0.1, 0.15) is 17.4 Å². The Labute approximate surface area is 103 Å². The molecule has 2 aromatic rings. The third kappa shape index (κ3) is 2.04. The molecule has 0 fully saturated rings. The Morgan fingerprint density at radius 3 is 2.50 bits per heavy atom. The first-order chi connectivity index (χ1) is 7.50. The van der Waals surface area contributed by atoms with Crippen molar-refractivity contribution in [3.05, 3.63) is 45.9 Å². The van der Waals surface area contributed by atoms with Crippen LogP contribution >= 0.6 is 22.9 Å². The predicted molar refractivity (Wildman–Crippen MR) is 66.7 cm³/mol. The zero-order valence-corrected chi connectivity index (χ0v) is 10.2. The highest BCUT2D eigenvalue weighted by Gasteiger charge is 2.27. The maximum atomic E-state index is 10.4. The summed E-state index contributed by atoms with van der Waals surface area (Å²) >= 11 is 7.08. The van der Waals surface area contributed by atoms with Gasteiger partial charge in [0.05, 0.1) is 4.88 Å². The standard InChI is InChI=1S/C11H11ClN2OS/c1-11(15,9-6-14-10(13)16-9)7-2-4-8(12)5-3-7/h2-6,15H,1H3,(H2,13,14). The van der Waals surface area contributed by atoms with Crippen molar-refractivity contribution in [2.75, 3.05) is 5.73 Å². The van der Waals surface area contributed by atoms with Crippen LogP contribution in [0.15, 0.2) is 30.5 Å². The van der Waals surface area contributed by atoms with Crippen molar-refractivity contribution in [3.8, 4) is 0 Å². The molecule has 0 saturated carbocycles. The van der Waals surface area contributed by atoms with Crippen LogP contribution in [0.4, 0.5) is 5.13 Å². The molecular formula is C11H11ClN2OS. The van der Waals surface area contributed by atoms with E-state index >= 15 is 0 Å². The summed E-state index contributed by atoms with van der Waals surface area (Å²) in [6.07, 6.45) is 1.59. The van der Waals surface area contributed by atoms with Gasteiger partial charge in [0.2, 0.25) is 0 Å². The average molecular weight is 255 g/mol. The zero-order valence-electron chi connectivity index (χ0n) is 8.64. The third-order valence-electron chi connectivity index (χ3n) is 2.41. The summed E-state index contributed by atoms with van der Waals surface area (Å²) in [6.45, 7) is 1.71. The van der Waals surface area contributed by atoms with Crippen molar-refractivity contribution < 1.29 is 5.11 Å². The maximum Gasteiger partial charge on any atom is 0.180 e. The highest BCUT2D eigenvalue weighted by Crippen LogP contribution is 2.33. The number of nitrogen functional groups attached to an aromatic ring is 1. The topological polar surface area (TPSA) is 59.1 Å². The van der Waals surface area contributed by atoms with Crippen LogP contribution in [-0.2, 0) is 5.60 Å². The van der Waals surface area contributed by atoms with Gasteiger partial charge in [-0.05, 0) is 24.6 Å². The number of aliphatic hydroxyl groups is 1. The molecule has 5 heteroatoms. The van der Waals surface area contributed by atoms with Crippen molar-refractivity contribution >= 4 is 28.1 Å². The lowest BCUT2D eigenvalue weighted by Gasteiger charge is -2.21. The van der Waals surface area contributed by atoms with Gasteiger partial charge < -0.3 is 10.8 Å². The Morgan fingerprint density at radius 1 is 1.38 bits per heavy atom. The number of anilines is 1. The van der Waals surface area contributed by atoms with Gasteiger partial charge in [0, 0.05) is 11.2 Å². The number of halogens is 1. The number of aromatic nitrogens is 1. The molecule has 3 nitrogen and oxygen atoms in total. The summed E-state index contributed by atoms with van der Waals surface area (Å²) in [7, 11) is 0. The SMILES string of the molecule is CC(O)(c1ccc(Cl)cc1)c1cnc(N)s1. The Hall–Kier alpha value is -1.10. The molecule has 1 unspecified atom stereocenters. The van der Waals surface area contributed by atoms with E-state index in [1.54, 1.807) is 37.4 Å². The second kappa shape index (κ2) is 4.05. The Balaban J connectivity index is 2.42. The van der Waals surface area contributed by atoms with Crippen molar-refractivity contribution in [2.24, 2.45) is 0 Å². The minimum absolute atomic E-state index is 0.448. The summed E-state index contributed by atoms with van der Waals surface area (Å²) in [5.41, 5.74) is 5.23. The summed E-state index contributed by atoms with van der Waals surface area (Å²) in [5.74, 6) is 0. The Kier molecular flexibility index (Phi) is 2.88. The molecule has 1 aromatic heterocycles. The van der Waals surface area contributed by atoms with E-state index in [2.05, 4.69) is 4.98 Å². The van der Waals surface area contributed by atoms with E-state index in [0.717, 1.165) is 5.56 Å². The summed E-state index contributed by atoms with van der Waals surface area (Å²) in [5, 5.41) is 11.5. The molecule has 1 atom stereocenters. The molecule has 0 saturated heterocycles. The minimum atomic E-state index is -1.08. The van der Waals surface area contributed by atoms with E-state index in [1.807, 2.05) is 0 Å². The number of nitrogens with zero attached hydrogens (tertiary/aromatic N) is 1. The quantitative estimate of drug-likeness (QED) is 0.866. The molecule has 84 valence electrons. The average Bonchev–Trinajstić information content (AvgIpc) is 2.66. The molecule has 1 heterocycles. The lowest BCUT2D eigenvalue weighted by molar-refractivity contribution is 0.106. The highest BCUT2D eigenvalue weighted by molar-refractivity contribution is 7.15. The number of rotatable bonds is 2. The zero-order chi connectivity index (χ0) is 11.8. The van der Waals surface area contributed by atoms with Gasteiger partial charge in [-0.1, -0.05) is 35.1 Å². The Morgan fingerprint density at radius 2 is 2.00 bits per heavy atom. The molecule has 0 spiro atoms. The Bertz CT molecular complexity index is 493. The van der Waals surface area contributed by atoms with E-state index < -0.39 is 5.60 Å². The molecule has 0 bridgehead atoms. The second-order valence-electron chi connectivity index (χ2n) is 3.64. The lowest BCUT2D eigenvalue weighted by Crippen LogP contribution is -2.21. The van der Waals surface area contributed by atoms with E-state index in [0.29, 0.717) is 15.0 Å². The van der Waals surface area contributed by atoms with Gasteiger partial charge in [0.25, 0.3) is 0 Å². The third-order valence-corrected chi connectivity index (χ3v) is 3.70.